The summed E-state index contributed by atoms with van der Waals surface area (Å²) in [6.07, 6.45) is 0.409. The molecule has 122 valence electrons. The normalized spacial score (nSPS) is 10.2. The number of hydrogen-bond donors (Lipinski definition) is 2. The Bertz CT molecular complexity index is 650. The van der Waals surface area contributed by atoms with Gasteiger partial charge in [0.1, 0.15) is 12.4 Å². The lowest BCUT2D eigenvalue weighted by Crippen LogP contribution is -2.38. The zero-order chi connectivity index (χ0) is 16.5. The third kappa shape index (κ3) is 5.58. The maximum absolute atomic E-state index is 13.4. The Hall–Kier alpha value is -2.63. The van der Waals surface area contributed by atoms with Gasteiger partial charge in [0.25, 0.3) is 0 Å². The van der Waals surface area contributed by atoms with Crippen LogP contribution in [-0.4, -0.2) is 25.7 Å². The number of hydrogen-bond acceptors (Lipinski definition) is 2. The van der Waals surface area contributed by atoms with Crippen molar-refractivity contribution in [3.8, 4) is 5.75 Å². The molecule has 2 amide bonds. The summed E-state index contributed by atoms with van der Waals surface area (Å²) in [5.41, 5.74) is 0.552. The summed E-state index contributed by atoms with van der Waals surface area (Å²) in [6, 6.07) is 12.1. The Balaban J connectivity index is 1.60. The molecule has 0 heterocycles. The topological polar surface area (TPSA) is 50.4 Å². The molecule has 0 aliphatic rings. The van der Waals surface area contributed by atoms with Gasteiger partial charge in [0, 0.05) is 6.54 Å². The highest BCUT2D eigenvalue weighted by Crippen LogP contribution is 2.14. The molecule has 2 aromatic carbocycles. The number of urea groups is 1. The van der Waals surface area contributed by atoms with E-state index in [1.165, 1.54) is 18.2 Å². The smallest absolute Gasteiger partial charge is 0.314 e. The predicted octanol–water partition coefficient (Wildman–Crippen LogP) is 2.89. The number of amides is 2. The number of para-hydroxylation sites is 1. The Morgan fingerprint density at radius 1 is 0.913 bits per heavy atom. The van der Waals surface area contributed by atoms with Crippen molar-refractivity contribution in [3.05, 3.63) is 65.7 Å². The molecular formula is C17H18F2N2O2. The van der Waals surface area contributed by atoms with E-state index in [-0.39, 0.29) is 30.7 Å². The molecule has 0 atom stereocenters. The van der Waals surface area contributed by atoms with Gasteiger partial charge in [0.2, 0.25) is 0 Å². The molecule has 23 heavy (non-hydrogen) atoms. The van der Waals surface area contributed by atoms with Crippen molar-refractivity contribution in [3.63, 3.8) is 0 Å². The molecule has 0 aliphatic carbocycles. The van der Waals surface area contributed by atoms with Crippen LogP contribution in [0.4, 0.5) is 13.6 Å². The molecule has 0 fully saturated rings. The van der Waals surface area contributed by atoms with Crippen LogP contribution in [0.25, 0.3) is 0 Å². The first-order valence-corrected chi connectivity index (χ1v) is 7.29. The minimum absolute atomic E-state index is 0.147. The van der Waals surface area contributed by atoms with Gasteiger partial charge in [0.05, 0.1) is 6.54 Å². The highest BCUT2D eigenvalue weighted by molar-refractivity contribution is 5.73. The second-order valence-corrected chi connectivity index (χ2v) is 4.80. The number of carbonyl (C=O) groups excluding carboxylic acids is 1. The summed E-state index contributed by atoms with van der Waals surface area (Å²) in [5, 5.41) is 5.20. The van der Waals surface area contributed by atoms with E-state index in [0.717, 1.165) is 0 Å². The van der Waals surface area contributed by atoms with Crippen molar-refractivity contribution < 1.29 is 18.3 Å². The third-order valence-electron chi connectivity index (χ3n) is 3.12. The Morgan fingerprint density at radius 3 is 2.30 bits per heavy atom. The van der Waals surface area contributed by atoms with Crippen LogP contribution >= 0.6 is 0 Å². The number of rotatable bonds is 7. The summed E-state index contributed by atoms with van der Waals surface area (Å²) in [4.78, 5) is 11.6. The van der Waals surface area contributed by atoms with Gasteiger partial charge in [0.15, 0.2) is 11.6 Å². The maximum atomic E-state index is 13.4. The highest BCUT2D eigenvalue weighted by atomic mass is 19.1. The number of nitrogens with one attached hydrogen (secondary N) is 2. The fraction of sp³-hybridized carbons (Fsp3) is 0.235. The Kier molecular flexibility index (Phi) is 6.35. The Labute approximate surface area is 133 Å². The third-order valence-corrected chi connectivity index (χ3v) is 3.12. The molecule has 0 aliphatic heterocycles. The van der Waals surface area contributed by atoms with Gasteiger partial charge in [-0.05, 0) is 30.2 Å². The van der Waals surface area contributed by atoms with Crippen molar-refractivity contribution in [1.82, 2.24) is 10.6 Å². The highest BCUT2D eigenvalue weighted by Gasteiger charge is 2.04. The molecule has 0 spiro atoms. The SMILES string of the molecule is O=C(NCCOc1ccccc1F)NCCc1ccccc1F. The summed E-state index contributed by atoms with van der Waals surface area (Å²) >= 11 is 0. The van der Waals surface area contributed by atoms with E-state index in [1.807, 2.05) is 0 Å². The average molecular weight is 320 g/mol. The lowest BCUT2D eigenvalue weighted by molar-refractivity contribution is 0.236. The number of ether oxygens (including phenoxy) is 1. The van der Waals surface area contributed by atoms with Crippen molar-refractivity contribution in [2.45, 2.75) is 6.42 Å². The molecule has 4 nitrogen and oxygen atoms in total. The van der Waals surface area contributed by atoms with Crippen LogP contribution in [0.1, 0.15) is 5.56 Å². The Morgan fingerprint density at radius 2 is 1.57 bits per heavy atom. The van der Waals surface area contributed by atoms with Crippen LogP contribution in [0.5, 0.6) is 5.75 Å². The molecule has 0 bridgehead atoms. The van der Waals surface area contributed by atoms with E-state index < -0.39 is 5.82 Å². The average Bonchev–Trinajstić information content (AvgIpc) is 2.55. The van der Waals surface area contributed by atoms with Crippen LogP contribution in [0.2, 0.25) is 0 Å². The molecule has 0 unspecified atom stereocenters. The summed E-state index contributed by atoms with van der Waals surface area (Å²) < 4.78 is 31.9. The molecular weight excluding hydrogens is 302 g/mol. The monoisotopic (exact) mass is 320 g/mol. The minimum atomic E-state index is -0.443. The molecule has 0 aromatic heterocycles. The van der Waals surface area contributed by atoms with Gasteiger partial charge in [-0.25, -0.2) is 13.6 Å². The zero-order valence-electron chi connectivity index (χ0n) is 12.5. The standard InChI is InChI=1S/C17H18F2N2O2/c18-14-6-2-1-5-13(14)9-10-20-17(22)21-11-12-23-16-8-4-3-7-15(16)19/h1-8H,9-12H2,(H2,20,21,22). The van der Waals surface area contributed by atoms with Crippen LogP contribution in [-0.2, 0) is 6.42 Å². The zero-order valence-corrected chi connectivity index (χ0v) is 12.5. The van der Waals surface area contributed by atoms with E-state index >= 15 is 0 Å². The van der Waals surface area contributed by atoms with Gasteiger partial charge >= 0.3 is 6.03 Å². The van der Waals surface area contributed by atoms with E-state index in [0.29, 0.717) is 18.5 Å². The van der Waals surface area contributed by atoms with Crippen molar-refractivity contribution in [2.24, 2.45) is 0 Å². The van der Waals surface area contributed by atoms with E-state index in [9.17, 15) is 13.6 Å². The quantitative estimate of drug-likeness (QED) is 0.771. The van der Waals surface area contributed by atoms with Crippen molar-refractivity contribution in [2.75, 3.05) is 19.7 Å². The van der Waals surface area contributed by atoms with Gasteiger partial charge < -0.3 is 15.4 Å². The first-order valence-electron chi connectivity index (χ1n) is 7.29. The van der Waals surface area contributed by atoms with Gasteiger partial charge in [-0.3, -0.25) is 0 Å². The first-order chi connectivity index (χ1) is 11.2. The minimum Gasteiger partial charge on any atom is -0.489 e. The maximum Gasteiger partial charge on any atom is 0.314 e. The van der Waals surface area contributed by atoms with E-state index in [2.05, 4.69) is 10.6 Å². The molecule has 6 heteroatoms. The van der Waals surface area contributed by atoms with Crippen LogP contribution in [0.3, 0.4) is 0 Å². The van der Waals surface area contributed by atoms with Gasteiger partial charge in [-0.1, -0.05) is 30.3 Å². The fourth-order valence-corrected chi connectivity index (χ4v) is 1.96. The second-order valence-electron chi connectivity index (χ2n) is 4.80. The first kappa shape index (κ1) is 16.7. The van der Waals surface area contributed by atoms with Gasteiger partial charge in [-0.2, -0.15) is 0 Å². The molecule has 2 N–H and O–H groups in total. The van der Waals surface area contributed by atoms with E-state index in [4.69, 9.17) is 4.74 Å². The molecule has 0 radical (unpaired) electrons. The van der Waals surface area contributed by atoms with Crippen LogP contribution in [0, 0.1) is 11.6 Å². The largest absolute Gasteiger partial charge is 0.489 e. The second kappa shape index (κ2) is 8.73. The van der Waals surface area contributed by atoms with Crippen LogP contribution in [0.15, 0.2) is 48.5 Å². The molecule has 2 rings (SSSR count). The molecule has 0 saturated carbocycles. The number of benzene rings is 2. The molecule has 2 aromatic rings. The summed E-state index contributed by atoms with van der Waals surface area (Å²) in [5.74, 6) is -0.580. The van der Waals surface area contributed by atoms with Crippen LogP contribution < -0.4 is 15.4 Å². The van der Waals surface area contributed by atoms with Crippen molar-refractivity contribution in [1.29, 1.82) is 0 Å². The summed E-state index contributed by atoms with van der Waals surface area (Å²) in [6.45, 7) is 0.711. The molecule has 0 saturated heterocycles. The van der Waals surface area contributed by atoms with E-state index in [1.54, 1.807) is 30.3 Å². The predicted molar refractivity (Wildman–Crippen MR) is 83.4 cm³/mol. The number of halogens is 2. The number of carbonyl (C=O) groups is 1. The fourth-order valence-electron chi connectivity index (χ4n) is 1.96. The lowest BCUT2D eigenvalue weighted by atomic mass is 10.1. The van der Waals surface area contributed by atoms with Gasteiger partial charge in [-0.15, -0.1) is 0 Å². The summed E-state index contributed by atoms with van der Waals surface area (Å²) in [7, 11) is 0. The lowest BCUT2D eigenvalue weighted by Gasteiger charge is -2.09. The van der Waals surface area contributed by atoms with Crippen molar-refractivity contribution >= 4 is 6.03 Å².